The van der Waals surface area contributed by atoms with Gasteiger partial charge in [-0.05, 0) is 36.8 Å². The third kappa shape index (κ3) is 7.23. The SMILES string of the molecule is CSCCCCCNC(=O)[C@@H](N)Cc1ccccc1. The number of benzene rings is 1. The van der Waals surface area contributed by atoms with Gasteiger partial charge in [0.25, 0.3) is 0 Å². The van der Waals surface area contributed by atoms with E-state index in [1.807, 2.05) is 42.1 Å². The van der Waals surface area contributed by atoms with Gasteiger partial charge in [-0.15, -0.1) is 0 Å². The van der Waals surface area contributed by atoms with Crippen LogP contribution in [0.25, 0.3) is 0 Å². The number of rotatable bonds is 9. The van der Waals surface area contributed by atoms with Crippen molar-refractivity contribution in [2.45, 2.75) is 31.7 Å². The molecule has 0 spiro atoms. The van der Waals surface area contributed by atoms with Crippen LogP contribution < -0.4 is 11.1 Å². The van der Waals surface area contributed by atoms with E-state index in [4.69, 9.17) is 5.73 Å². The molecule has 0 saturated heterocycles. The van der Waals surface area contributed by atoms with Crippen LogP contribution in [0.5, 0.6) is 0 Å². The number of hydrogen-bond acceptors (Lipinski definition) is 3. The summed E-state index contributed by atoms with van der Waals surface area (Å²) in [5.41, 5.74) is 7.00. The maximum atomic E-state index is 11.8. The predicted octanol–water partition coefficient (Wildman–Crippen LogP) is 2.21. The molecule has 0 heterocycles. The van der Waals surface area contributed by atoms with Crippen molar-refractivity contribution in [3.63, 3.8) is 0 Å². The van der Waals surface area contributed by atoms with E-state index in [0.29, 0.717) is 6.42 Å². The number of nitrogens with two attached hydrogens (primary N) is 1. The zero-order chi connectivity index (χ0) is 13.9. The molecule has 4 heteroatoms. The first-order valence-electron chi connectivity index (χ1n) is 6.80. The second-order valence-corrected chi connectivity index (χ2v) is 5.63. The highest BCUT2D eigenvalue weighted by Gasteiger charge is 2.12. The van der Waals surface area contributed by atoms with Gasteiger partial charge in [0.15, 0.2) is 0 Å². The van der Waals surface area contributed by atoms with Crippen molar-refractivity contribution < 1.29 is 4.79 Å². The minimum atomic E-state index is -0.450. The van der Waals surface area contributed by atoms with Crippen LogP contribution >= 0.6 is 11.8 Å². The monoisotopic (exact) mass is 280 g/mol. The molecule has 0 aliphatic carbocycles. The van der Waals surface area contributed by atoms with E-state index in [-0.39, 0.29) is 5.91 Å². The maximum Gasteiger partial charge on any atom is 0.237 e. The summed E-state index contributed by atoms with van der Waals surface area (Å²) in [6, 6.07) is 9.43. The van der Waals surface area contributed by atoms with Crippen LogP contribution in [0.15, 0.2) is 30.3 Å². The summed E-state index contributed by atoms with van der Waals surface area (Å²) in [6.45, 7) is 0.732. The second kappa shape index (κ2) is 9.87. The van der Waals surface area contributed by atoms with Gasteiger partial charge in [0.2, 0.25) is 5.91 Å². The summed E-state index contributed by atoms with van der Waals surface area (Å²) in [5, 5.41) is 2.91. The molecular weight excluding hydrogens is 256 g/mol. The number of amides is 1. The molecule has 0 unspecified atom stereocenters. The quantitative estimate of drug-likeness (QED) is 0.682. The normalized spacial score (nSPS) is 12.1. The van der Waals surface area contributed by atoms with Crippen LogP contribution in [0.4, 0.5) is 0 Å². The molecule has 1 atom stereocenters. The maximum absolute atomic E-state index is 11.8. The molecule has 1 aromatic rings. The Balaban J connectivity index is 2.15. The Morgan fingerprint density at radius 2 is 2.00 bits per heavy atom. The second-order valence-electron chi connectivity index (χ2n) is 4.64. The Morgan fingerprint density at radius 1 is 1.26 bits per heavy atom. The Labute approximate surface area is 120 Å². The number of carbonyl (C=O) groups excluding carboxylic acids is 1. The van der Waals surface area contributed by atoms with Crippen LogP contribution in [-0.4, -0.2) is 30.5 Å². The van der Waals surface area contributed by atoms with Crippen molar-refractivity contribution in [3.05, 3.63) is 35.9 Å². The van der Waals surface area contributed by atoms with Crippen LogP contribution in [0.1, 0.15) is 24.8 Å². The Morgan fingerprint density at radius 3 is 2.68 bits per heavy atom. The first kappa shape index (κ1) is 16.1. The van der Waals surface area contributed by atoms with Gasteiger partial charge in [-0.2, -0.15) is 11.8 Å². The Kier molecular flexibility index (Phi) is 8.34. The highest BCUT2D eigenvalue weighted by Crippen LogP contribution is 2.03. The number of carbonyl (C=O) groups is 1. The number of thioether (sulfide) groups is 1. The third-order valence-electron chi connectivity index (χ3n) is 2.96. The van der Waals surface area contributed by atoms with E-state index < -0.39 is 6.04 Å². The summed E-state index contributed by atoms with van der Waals surface area (Å²) in [7, 11) is 0. The van der Waals surface area contributed by atoms with Gasteiger partial charge < -0.3 is 11.1 Å². The summed E-state index contributed by atoms with van der Waals surface area (Å²) >= 11 is 1.86. The topological polar surface area (TPSA) is 55.1 Å². The zero-order valence-corrected chi connectivity index (χ0v) is 12.4. The van der Waals surface area contributed by atoms with Crippen molar-refractivity contribution in [3.8, 4) is 0 Å². The van der Waals surface area contributed by atoms with E-state index in [0.717, 1.165) is 24.9 Å². The molecule has 0 aliphatic heterocycles. The van der Waals surface area contributed by atoms with Gasteiger partial charge in [-0.25, -0.2) is 0 Å². The standard InChI is InChI=1S/C15H24N2OS/c1-19-11-7-3-6-10-17-15(18)14(16)12-13-8-4-2-5-9-13/h2,4-5,8-9,14H,3,6-7,10-12,16H2,1H3,(H,17,18)/t14-/m0/s1. The molecule has 106 valence electrons. The molecule has 3 N–H and O–H groups in total. The van der Waals surface area contributed by atoms with Crippen molar-refractivity contribution in [2.24, 2.45) is 5.73 Å². The lowest BCUT2D eigenvalue weighted by atomic mass is 10.1. The van der Waals surface area contributed by atoms with Gasteiger partial charge in [0.05, 0.1) is 6.04 Å². The van der Waals surface area contributed by atoms with Crippen molar-refractivity contribution in [1.29, 1.82) is 0 Å². The first-order chi connectivity index (χ1) is 9.24. The van der Waals surface area contributed by atoms with Gasteiger partial charge in [0, 0.05) is 6.54 Å². The van der Waals surface area contributed by atoms with E-state index in [1.165, 1.54) is 12.2 Å². The molecule has 0 bridgehead atoms. The van der Waals surface area contributed by atoms with Crippen molar-refractivity contribution in [2.75, 3.05) is 18.6 Å². The van der Waals surface area contributed by atoms with Crippen LogP contribution in [0, 0.1) is 0 Å². The highest BCUT2D eigenvalue weighted by atomic mass is 32.2. The largest absolute Gasteiger partial charge is 0.355 e. The summed E-state index contributed by atoms with van der Waals surface area (Å²) < 4.78 is 0. The molecule has 1 amide bonds. The average Bonchev–Trinajstić information content (AvgIpc) is 2.43. The Bertz CT molecular complexity index is 356. The Hall–Kier alpha value is -1.00. The number of unbranched alkanes of at least 4 members (excludes halogenated alkanes) is 2. The molecule has 1 rings (SSSR count). The van der Waals surface area contributed by atoms with Crippen molar-refractivity contribution in [1.82, 2.24) is 5.32 Å². The molecule has 0 saturated carbocycles. The van der Waals surface area contributed by atoms with Crippen LogP contribution in [-0.2, 0) is 11.2 Å². The summed E-state index contributed by atoms with van der Waals surface area (Å²) in [5.74, 6) is 1.15. The number of nitrogens with one attached hydrogen (secondary N) is 1. The lowest BCUT2D eigenvalue weighted by molar-refractivity contribution is -0.122. The fourth-order valence-corrected chi connectivity index (χ4v) is 2.34. The molecule has 0 fully saturated rings. The fourth-order valence-electron chi connectivity index (χ4n) is 1.85. The highest BCUT2D eigenvalue weighted by molar-refractivity contribution is 7.98. The molecular formula is C15H24N2OS. The molecule has 0 aromatic heterocycles. The smallest absolute Gasteiger partial charge is 0.237 e. The molecule has 19 heavy (non-hydrogen) atoms. The van der Waals surface area contributed by atoms with E-state index >= 15 is 0 Å². The summed E-state index contributed by atoms with van der Waals surface area (Å²) in [4.78, 5) is 11.8. The molecule has 0 aliphatic rings. The van der Waals surface area contributed by atoms with Gasteiger partial charge >= 0.3 is 0 Å². The lowest BCUT2D eigenvalue weighted by Gasteiger charge is -2.12. The minimum Gasteiger partial charge on any atom is -0.355 e. The van der Waals surface area contributed by atoms with E-state index in [2.05, 4.69) is 11.6 Å². The van der Waals surface area contributed by atoms with E-state index in [9.17, 15) is 4.79 Å². The van der Waals surface area contributed by atoms with E-state index in [1.54, 1.807) is 0 Å². The van der Waals surface area contributed by atoms with Gasteiger partial charge in [0.1, 0.15) is 0 Å². The lowest BCUT2D eigenvalue weighted by Crippen LogP contribution is -2.42. The average molecular weight is 280 g/mol. The third-order valence-corrected chi connectivity index (χ3v) is 3.66. The summed E-state index contributed by atoms with van der Waals surface area (Å²) in [6.07, 6.45) is 6.12. The van der Waals surface area contributed by atoms with Crippen molar-refractivity contribution >= 4 is 17.7 Å². The fraction of sp³-hybridized carbons (Fsp3) is 0.533. The first-order valence-corrected chi connectivity index (χ1v) is 8.19. The molecule has 0 radical (unpaired) electrons. The van der Waals surface area contributed by atoms with Gasteiger partial charge in [-0.3, -0.25) is 4.79 Å². The molecule has 1 aromatic carbocycles. The predicted molar refractivity (Wildman–Crippen MR) is 83.4 cm³/mol. The zero-order valence-electron chi connectivity index (χ0n) is 11.6. The van der Waals surface area contributed by atoms with Crippen LogP contribution in [0.2, 0.25) is 0 Å². The van der Waals surface area contributed by atoms with Crippen LogP contribution in [0.3, 0.4) is 0 Å². The minimum absolute atomic E-state index is 0.0475. The van der Waals surface area contributed by atoms with Gasteiger partial charge in [-0.1, -0.05) is 36.8 Å². The molecule has 3 nitrogen and oxygen atoms in total. The number of hydrogen-bond donors (Lipinski definition) is 2.